The molecule has 4 amide bonds. The van der Waals surface area contributed by atoms with E-state index >= 15 is 0 Å². The number of carbonyl (C=O) groups is 4. The summed E-state index contributed by atoms with van der Waals surface area (Å²) in [4.78, 5) is 64.4. The molecule has 17 heteroatoms. The van der Waals surface area contributed by atoms with Gasteiger partial charge in [-0.05, 0) is 105 Å². The van der Waals surface area contributed by atoms with Crippen molar-refractivity contribution in [1.29, 1.82) is 5.26 Å². The first-order chi connectivity index (χ1) is 34.7. The van der Waals surface area contributed by atoms with Gasteiger partial charge >= 0.3 is 0 Å². The normalized spacial score (nSPS) is 21.1. The van der Waals surface area contributed by atoms with Gasteiger partial charge in [0.05, 0.1) is 45.4 Å². The first-order valence-corrected chi connectivity index (χ1v) is 26.7. The van der Waals surface area contributed by atoms with E-state index in [1.807, 2.05) is 45.3 Å². The van der Waals surface area contributed by atoms with Crippen LogP contribution in [0, 0.1) is 34.5 Å². The molecular formula is C56H72ClN7O8S. The van der Waals surface area contributed by atoms with Crippen molar-refractivity contribution in [3.05, 3.63) is 99.6 Å². The topological polar surface area (TPSA) is 195 Å². The van der Waals surface area contributed by atoms with Gasteiger partial charge in [-0.15, -0.1) is 11.3 Å². The van der Waals surface area contributed by atoms with Crippen molar-refractivity contribution in [3.8, 4) is 28.0 Å². The Balaban J connectivity index is 0.827. The minimum atomic E-state index is -0.967. The predicted octanol–water partition coefficient (Wildman–Crippen LogP) is 8.27. The lowest BCUT2D eigenvalue weighted by Crippen LogP contribution is -2.74. The van der Waals surface area contributed by atoms with E-state index in [2.05, 4.69) is 71.7 Å². The Bertz CT molecular complexity index is 2590. The number of rotatable bonds is 21. The molecule has 0 spiro atoms. The molecule has 2 saturated heterocycles. The Hall–Kier alpha value is -5.57. The molecule has 3 fully saturated rings. The number of benzene rings is 3. The van der Waals surface area contributed by atoms with Crippen LogP contribution in [0.3, 0.4) is 0 Å². The fourth-order valence-corrected chi connectivity index (χ4v) is 11.9. The maximum Gasteiger partial charge on any atom is 0.251 e. The minimum Gasteiger partial charge on any atom is -0.494 e. The molecule has 1 saturated carbocycles. The van der Waals surface area contributed by atoms with Crippen molar-refractivity contribution in [2.24, 2.45) is 16.2 Å². The van der Waals surface area contributed by atoms with Crippen molar-refractivity contribution in [3.63, 3.8) is 0 Å². The van der Waals surface area contributed by atoms with Gasteiger partial charge in [-0.1, -0.05) is 84.3 Å². The van der Waals surface area contributed by atoms with Gasteiger partial charge in [0, 0.05) is 54.6 Å². The van der Waals surface area contributed by atoms with Gasteiger partial charge < -0.3 is 45.1 Å². The number of carbonyl (C=O) groups excluding carboxylic acids is 4. The molecule has 3 heterocycles. The molecule has 0 radical (unpaired) electrons. The summed E-state index contributed by atoms with van der Waals surface area (Å²) in [6.07, 6.45) is 3.43. The molecule has 3 aliphatic rings. The van der Waals surface area contributed by atoms with Crippen LogP contribution in [0.4, 0.5) is 0 Å². The number of aromatic nitrogens is 1. The number of likely N-dealkylation sites (tertiary alicyclic amines) is 2. The zero-order valence-electron chi connectivity index (χ0n) is 43.5. The molecule has 392 valence electrons. The van der Waals surface area contributed by atoms with Crippen molar-refractivity contribution < 1.29 is 38.5 Å². The van der Waals surface area contributed by atoms with E-state index < -0.39 is 46.2 Å². The van der Waals surface area contributed by atoms with Crippen LogP contribution >= 0.6 is 22.9 Å². The molecule has 4 atom stereocenters. The fourth-order valence-electron chi connectivity index (χ4n) is 10.8. The summed E-state index contributed by atoms with van der Waals surface area (Å²) in [6.45, 7) is 18.9. The third-order valence-corrected chi connectivity index (χ3v) is 15.8. The van der Waals surface area contributed by atoms with Crippen molar-refractivity contribution >= 4 is 46.6 Å². The second-order valence-electron chi connectivity index (χ2n) is 22.0. The lowest BCUT2D eigenvalue weighted by atomic mass is 9.49. The van der Waals surface area contributed by atoms with Crippen molar-refractivity contribution in [2.45, 2.75) is 130 Å². The smallest absolute Gasteiger partial charge is 0.251 e. The van der Waals surface area contributed by atoms with Gasteiger partial charge in [-0.25, -0.2) is 4.98 Å². The number of amides is 4. The maximum atomic E-state index is 14.3. The fraction of sp³-hybridized carbons (Fsp3) is 0.536. The Labute approximate surface area is 439 Å². The van der Waals surface area contributed by atoms with Crippen LogP contribution in [-0.4, -0.2) is 120 Å². The monoisotopic (exact) mass is 1040 g/mol. The second kappa shape index (κ2) is 23.7. The summed E-state index contributed by atoms with van der Waals surface area (Å²) in [5.74, 6) is -0.177. The largest absolute Gasteiger partial charge is 0.494 e. The number of ether oxygens (including phenoxy) is 3. The van der Waals surface area contributed by atoms with E-state index in [0.29, 0.717) is 53.8 Å². The number of unbranched alkanes of at least 4 members (excludes halogenated alkanes) is 2. The van der Waals surface area contributed by atoms with E-state index in [4.69, 9.17) is 25.8 Å². The summed E-state index contributed by atoms with van der Waals surface area (Å²) >= 11 is 7.84. The van der Waals surface area contributed by atoms with Crippen LogP contribution in [0.2, 0.25) is 5.02 Å². The van der Waals surface area contributed by atoms with Crippen LogP contribution in [0.5, 0.6) is 11.5 Å². The number of hydrogen-bond acceptors (Lipinski definition) is 12. The number of nitrogens with one attached hydrogen (secondary N) is 3. The lowest BCUT2D eigenvalue weighted by Gasteiger charge is -2.63. The van der Waals surface area contributed by atoms with Crippen LogP contribution < -0.4 is 25.4 Å². The van der Waals surface area contributed by atoms with E-state index in [9.17, 15) is 29.5 Å². The number of nitriles is 1. The molecule has 0 bridgehead atoms. The number of hydrogen-bond donors (Lipinski definition) is 4. The maximum absolute atomic E-state index is 14.3. The van der Waals surface area contributed by atoms with Gasteiger partial charge in [-0.3, -0.25) is 19.2 Å². The third-order valence-electron chi connectivity index (χ3n) is 14.5. The summed E-state index contributed by atoms with van der Waals surface area (Å²) in [5.41, 5.74) is 4.23. The number of β-amino-alcohol motifs (C(OH)–C–C–N with tert-alkyl or cyclic N) is 1. The summed E-state index contributed by atoms with van der Waals surface area (Å²) < 4.78 is 18.0. The molecule has 1 unspecified atom stereocenters. The molecule has 15 nitrogen and oxygen atoms in total. The highest BCUT2D eigenvalue weighted by Crippen LogP contribution is 2.55. The van der Waals surface area contributed by atoms with E-state index in [0.717, 1.165) is 60.5 Å². The molecule has 4 N–H and O–H groups in total. The highest BCUT2D eigenvalue weighted by Gasteiger charge is 2.64. The molecule has 3 aromatic carbocycles. The number of aliphatic hydroxyl groups is 1. The Kier molecular flexibility index (Phi) is 18.0. The summed E-state index contributed by atoms with van der Waals surface area (Å²) in [6, 6.07) is 20.0. The zero-order chi connectivity index (χ0) is 52.7. The summed E-state index contributed by atoms with van der Waals surface area (Å²) in [5, 5.41) is 29.7. The third kappa shape index (κ3) is 13.4. The van der Waals surface area contributed by atoms with Gasteiger partial charge in [0.25, 0.3) is 5.91 Å². The summed E-state index contributed by atoms with van der Waals surface area (Å²) in [7, 11) is 0. The van der Waals surface area contributed by atoms with Gasteiger partial charge in [-0.2, -0.15) is 5.26 Å². The highest BCUT2D eigenvalue weighted by molar-refractivity contribution is 7.13. The van der Waals surface area contributed by atoms with Crippen molar-refractivity contribution in [2.75, 3.05) is 46.0 Å². The Morgan fingerprint density at radius 2 is 1.60 bits per heavy atom. The Morgan fingerprint density at radius 1 is 0.932 bits per heavy atom. The molecule has 1 aromatic heterocycles. The molecular weight excluding hydrogens is 966 g/mol. The second-order valence-corrected chi connectivity index (χ2v) is 23.3. The van der Waals surface area contributed by atoms with Crippen LogP contribution in [-0.2, 0) is 19.1 Å². The number of aliphatic hydroxyl groups excluding tert-OH is 1. The number of nitrogens with zero attached hydrogens (tertiary/aromatic N) is 4. The number of thiazole rings is 1. The van der Waals surface area contributed by atoms with Gasteiger partial charge in [0.2, 0.25) is 17.7 Å². The first-order valence-electron chi connectivity index (χ1n) is 25.5. The molecule has 1 aliphatic carbocycles. The Morgan fingerprint density at radius 3 is 2.23 bits per heavy atom. The van der Waals surface area contributed by atoms with Crippen molar-refractivity contribution in [1.82, 2.24) is 30.7 Å². The van der Waals surface area contributed by atoms with Crippen LogP contribution in [0.15, 0.2) is 72.2 Å². The highest BCUT2D eigenvalue weighted by atomic mass is 35.5. The number of aryl methyl sites for hydroxylation is 1. The average molecular weight is 1040 g/mol. The van der Waals surface area contributed by atoms with Crippen LogP contribution in [0.1, 0.15) is 120 Å². The van der Waals surface area contributed by atoms with E-state index in [1.54, 1.807) is 53.8 Å². The number of halogens is 1. The predicted molar refractivity (Wildman–Crippen MR) is 282 cm³/mol. The van der Waals surface area contributed by atoms with Gasteiger partial charge in [0.15, 0.2) is 0 Å². The molecule has 4 aromatic rings. The zero-order valence-corrected chi connectivity index (χ0v) is 45.0. The molecule has 7 rings (SSSR count). The average Bonchev–Trinajstić information content (AvgIpc) is 4.13. The minimum absolute atomic E-state index is 0.0162. The standard InChI is InChI=1S/C56H72ClN7O8S/c1-35-47(73-34-59-35)37-16-14-36(15-17-37)44(32-63-24-10-11-25-63)60-50(68)45-28-40(65)31-64(45)51(69)48(54(2,3)4)61-46(66)33-70-26-12-9-13-27-71-41-21-18-38(19-22-41)49(67)62-52-55(5,6)53(56(52,7)8)72-42-23-20-39(30-58)43(57)29-42/h14-23,29,34,40,44-45,48,52-53,65H,9-13,24-28,31-33H2,1-8H3,(H,60,68)(H,61,66)(H,62,67)/t40-,44+,45+,48?,52-,53-/m1/s1. The van der Waals surface area contributed by atoms with Gasteiger partial charge in [0.1, 0.15) is 42.4 Å². The SMILES string of the molecule is Cc1ncsc1-c1ccc([C@H](CN2CCCC2)NC(=O)[C@@H]2C[C@@H](O)CN2C(=O)C(NC(=O)COCCCCCOc2ccc(C(=O)N[C@H]3C(C)(C)[C@H](Oc4ccc(C#N)c(Cl)c4)C3(C)C)cc2)C(C)(C)C)cc1. The van der Waals surface area contributed by atoms with E-state index in [1.165, 1.54) is 4.90 Å². The lowest BCUT2D eigenvalue weighted by molar-refractivity contribution is -0.164. The molecule has 2 aliphatic heterocycles. The molecule has 73 heavy (non-hydrogen) atoms. The first kappa shape index (κ1) is 55.2. The quantitative estimate of drug-likeness (QED) is 0.0587. The van der Waals surface area contributed by atoms with Crippen LogP contribution in [0.25, 0.3) is 10.4 Å². The van der Waals surface area contributed by atoms with E-state index in [-0.39, 0.29) is 49.6 Å².